The zero-order chi connectivity index (χ0) is 18.5. The van der Waals surface area contributed by atoms with Crippen molar-refractivity contribution in [2.45, 2.75) is 12.8 Å². The molecule has 0 radical (unpaired) electrons. The summed E-state index contributed by atoms with van der Waals surface area (Å²) in [5.74, 6) is 0. The maximum absolute atomic E-state index is 8.94. The lowest BCUT2D eigenvalue weighted by molar-refractivity contribution is -0.00384. The molecule has 2 aromatic rings. The van der Waals surface area contributed by atoms with Gasteiger partial charge in [-0.2, -0.15) is 5.26 Å². The van der Waals surface area contributed by atoms with Gasteiger partial charge in [-0.15, -0.1) is 0 Å². The topological polar surface area (TPSA) is 66.4 Å². The summed E-state index contributed by atoms with van der Waals surface area (Å²) in [6, 6.07) is 15.0. The number of hydrogen-bond donors (Lipinski definition) is 3. The lowest BCUT2D eigenvalue weighted by atomic mass is 10.2. The smallest absolute Gasteiger partial charge is 0.137 e. The van der Waals surface area contributed by atoms with Crippen molar-refractivity contribution in [3.05, 3.63) is 63.6 Å². The van der Waals surface area contributed by atoms with Crippen LogP contribution < -0.4 is 16.1 Å². The summed E-state index contributed by atoms with van der Waals surface area (Å²) in [4.78, 5) is 2.19. The third-order valence-corrected chi connectivity index (χ3v) is 4.96. The Kier molecular flexibility index (Phi) is 6.33. The van der Waals surface area contributed by atoms with Gasteiger partial charge in [-0.05, 0) is 43.4 Å². The van der Waals surface area contributed by atoms with Crippen molar-refractivity contribution in [2.24, 2.45) is 0 Å². The Morgan fingerprint density at radius 3 is 2.50 bits per heavy atom. The second kappa shape index (κ2) is 8.69. The van der Waals surface area contributed by atoms with Gasteiger partial charge in [0.2, 0.25) is 0 Å². The van der Waals surface area contributed by atoms with Crippen LogP contribution in [0.5, 0.6) is 0 Å². The average molecular weight is 391 g/mol. The van der Waals surface area contributed by atoms with Crippen LogP contribution in [0.4, 0.5) is 5.69 Å². The standard InChI is InChI=1S/C18H20Cl2N6/c1-22-26-11-23-18(24-14-7-5-13(9-21)6-8-14)25(12-26)10-15-16(19)3-2-4-17(15)20/h2-8,18,22-24H,10-12H2,1H3. The van der Waals surface area contributed by atoms with Crippen LogP contribution in [0.15, 0.2) is 42.5 Å². The Balaban J connectivity index is 1.78. The molecule has 0 aromatic heterocycles. The first-order valence-electron chi connectivity index (χ1n) is 8.20. The van der Waals surface area contributed by atoms with Crippen molar-refractivity contribution in [2.75, 3.05) is 25.7 Å². The molecule has 0 amide bonds. The second-order valence-electron chi connectivity index (χ2n) is 5.95. The number of anilines is 1. The summed E-state index contributed by atoms with van der Waals surface area (Å²) in [6.45, 7) is 1.94. The molecule has 136 valence electrons. The van der Waals surface area contributed by atoms with Crippen molar-refractivity contribution in [3.8, 4) is 6.07 Å². The molecule has 1 atom stereocenters. The molecule has 6 nitrogen and oxygen atoms in total. The van der Waals surface area contributed by atoms with Gasteiger partial charge >= 0.3 is 0 Å². The maximum Gasteiger partial charge on any atom is 0.137 e. The van der Waals surface area contributed by atoms with Gasteiger partial charge in [0.05, 0.1) is 25.0 Å². The van der Waals surface area contributed by atoms with Crippen molar-refractivity contribution >= 4 is 28.9 Å². The fraction of sp³-hybridized carbons (Fsp3) is 0.278. The largest absolute Gasteiger partial charge is 0.357 e. The summed E-state index contributed by atoms with van der Waals surface area (Å²) in [7, 11) is 1.89. The molecule has 0 bridgehead atoms. The van der Waals surface area contributed by atoms with Crippen LogP contribution in [0.2, 0.25) is 10.0 Å². The minimum absolute atomic E-state index is 0.111. The van der Waals surface area contributed by atoms with Crippen LogP contribution >= 0.6 is 23.2 Å². The van der Waals surface area contributed by atoms with Crippen LogP contribution in [0, 0.1) is 11.3 Å². The molecule has 1 unspecified atom stereocenters. The highest BCUT2D eigenvalue weighted by Gasteiger charge is 2.27. The molecule has 1 fully saturated rings. The number of nitrogens with zero attached hydrogens (tertiary/aromatic N) is 3. The van der Waals surface area contributed by atoms with Gasteiger partial charge in [0.25, 0.3) is 0 Å². The number of hydrogen-bond acceptors (Lipinski definition) is 6. The van der Waals surface area contributed by atoms with E-state index in [4.69, 9.17) is 28.5 Å². The van der Waals surface area contributed by atoms with E-state index in [-0.39, 0.29) is 6.29 Å². The van der Waals surface area contributed by atoms with Crippen molar-refractivity contribution in [1.82, 2.24) is 20.7 Å². The summed E-state index contributed by atoms with van der Waals surface area (Å²) < 4.78 is 0. The molecular weight excluding hydrogens is 371 g/mol. The molecule has 1 heterocycles. The third-order valence-electron chi connectivity index (χ3n) is 4.25. The quantitative estimate of drug-likeness (QED) is 0.728. The number of hydrazine groups is 1. The van der Waals surface area contributed by atoms with Crippen molar-refractivity contribution < 1.29 is 0 Å². The molecule has 26 heavy (non-hydrogen) atoms. The Labute approximate surface area is 163 Å². The third kappa shape index (κ3) is 4.46. The molecule has 2 aromatic carbocycles. The number of benzene rings is 2. The van der Waals surface area contributed by atoms with Crippen molar-refractivity contribution in [3.63, 3.8) is 0 Å². The molecule has 1 saturated heterocycles. The van der Waals surface area contributed by atoms with E-state index in [1.807, 2.05) is 42.4 Å². The molecule has 1 aliphatic rings. The van der Waals surface area contributed by atoms with Gasteiger partial charge in [-0.25, -0.2) is 5.01 Å². The summed E-state index contributed by atoms with van der Waals surface area (Å²) >= 11 is 12.7. The van der Waals surface area contributed by atoms with E-state index in [9.17, 15) is 0 Å². The van der Waals surface area contributed by atoms with Crippen LogP contribution in [0.25, 0.3) is 0 Å². The van der Waals surface area contributed by atoms with Crippen LogP contribution in [-0.4, -0.2) is 36.6 Å². The first-order chi connectivity index (χ1) is 12.6. The van der Waals surface area contributed by atoms with E-state index >= 15 is 0 Å². The fourth-order valence-electron chi connectivity index (χ4n) is 2.80. The molecule has 0 aliphatic carbocycles. The highest BCUT2D eigenvalue weighted by Crippen LogP contribution is 2.27. The monoisotopic (exact) mass is 390 g/mol. The van der Waals surface area contributed by atoms with Crippen molar-refractivity contribution in [1.29, 1.82) is 5.26 Å². The summed E-state index contributed by atoms with van der Waals surface area (Å²) in [5, 5.41) is 19.2. The Bertz CT molecular complexity index is 769. The van der Waals surface area contributed by atoms with E-state index in [1.54, 1.807) is 12.1 Å². The number of nitriles is 1. The molecule has 0 spiro atoms. The fourth-order valence-corrected chi connectivity index (χ4v) is 3.31. The van der Waals surface area contributed by atoms with E-state index in [0.29, 0.717) is 35.5 Å². The second-order valence-corrected chi connectivity index (χ2v) is 6.76. The predicted molar refractivity (Wildman–Crippen MR) is 104 cm³/mol. The number of rotatable bonds is 5. The summed E-state index contributed by atoms with van der Waals surface area (Å²) in [5.41, 5.74) is 5.60. The molecule has 3 rings (SSSR count). The highest BCUT2D eigenvalue weighted by molar-refractivity contribution is 6.35. The lowest BCUT2D eigenvalue weighted by Crippen LogP contribution is -2.64. The first kappa shape index (κ1) is 18.9. The zero-order valence-electron chi connectivity index (χ0n) is 14.3. The Morgan fingerprint density at radius 1 is 1.19 bits per heavy atom. The molecule has 8 heteroatoms. The molecule has 3 N–H and O–H groups in total. The normalized spacial score (nSPS) is 18.5. The zero-order valence-corrected chi connectivity index (χ0v) is 15.8. The molecule has 0 saturated carbocycles. The number of halogens is 2. The van der Waals surface area contributed by atoms with E-state index < -0.39 is 0 Å². The Hall–Kier alpha value is -1.85. The minimum atomic E-state index is -0.111. The molecular formula is C18H20Cl2N6. The van der Waals surface area contributed by atoms with Gasteiger partial charge in [0.1, 0.15) is 6.29 Å². The summed E-state index contributed by atoms with van der Waals surface area (Å²) in [6.07, 6.45) is -0.111. The Morgan fingerprint density at radius 2 is 1.88 bits per heavy atom. The highest BCUT2D eigenvalue weighted by atomic mass is 35.5. The first-order valence-corrected chi connectivity index (χ1v) is 8.95. The maximum atomic E-state index is 8.94. The van der Waals surface area contributed by atoms with Gasteiger partial charge in [0, 0.05) is 27.8 Å². The minimum Gasteiger partial charge on any atom is -0.357 e. The van der Waals surface area contributed by atoms with Crippen LogP contribution in [-0.2, 0) is 6.54 Å². The van der Waals surface area contributed by atoms with Gasteiger partial charge < -0.3 is 5.32 Å². The van der Waals surface area contributed by atoms with Gasteiger partial charge in [0.15, 0.2) is 0 Å². The number of nitrogens with one attached hydrogen (secondary N) is 3. The van der Waals surface area contributed by atoms with E-state index in [1.165, 1.54) is 0 Å². The predicted octanol–water partition coefficient (Wildman–Crippen LogP) is 3.02. The average Bonchev–Trinajstić information content (AvgIpc) is 2.66. The lowest BCUT2D eigenvalue weighted by Gasteiger charge is -2.42. The van der Waals surface area contributed by atoms with Gasteiger partial charge in [-0.3, -0.25) is 15.6 Å². The van der Waals surface area contributed by atoms with Crippen LogP contribution in [0.1, 0.15) is 11.1 Å². The van der Waals surface area contributed by atoms with Gasteiger partial charge in [-0.1, -0.05) is 29.3 Å². The van der Waals surface area contributed by atoms with E-state index in [2.05, 4.69) is 27.0 Å². The SMILES string of the molecule is CNN1CNC(Nc2ccc(C#N)cc2)N(Cc2c(Cl)cccc2Cl)C1. The molecule has 1 aliphatic heterocycles. The van der Waals surface area contributed by atoms with Crippen LogP contribution in [0.3, 0.4) is 0 Å². The van der Waals surface area contributed by atoms with E-state index in [0.717, 1.165) is 11.3 Å².